The van der Waals surface area contributed by atoms with E-state index in [2.05, 4.69) is 20.3 Å². The van der Waals surface area contributed by atoms with Crippen LogP contribution < -0.4 is 16.2 Å². The fourth-order valence-electron chi connectivity index (χ4n) is 2.19. The molecular weight excluding hydrogens is 230 g/mol. The average molecular weight is 251 g/mol. The summed E-state index contributed by atoms with van der Waals surface area (Å²) in [6.45, 7) is 2.50. The number of hydrazine groups is 1. The van der Waals surface area contributed by atoms with Crippen LogP contribution in [0.1, 0.15) is 31.4 Å². The molecular formula is C12H21N5O. The summed E-state index contributed by atoms with van der Waals surface area (Å²) in [6.07, 6.45) is 4.97. The molecule has 0 unspecified atom stereocenters. The average Bonchev–Trinajstić information content (AvgIpc) is 2.67. The normalized spacial score (nSPS) is 16.4. The van der Waals surface area contributed by atoms with Gasteiger partial charge >= 0.3 is 0 Å². The number of anilines is 2. The maximum absolute atomic E-state index is 5.44. The van der Waals surface area contributed by atoms with E-state index in [0.29, 0.717) is 12.4 Å². The molecule has 1 aliphatic heterocycles. The summed E-state index contributed by atoms with van der Waals surface area (Å²) >= 11 is 0. The second-order valence-electron chi connectivity index (χ2n) is 4.52. The summed E-state index contributed by atoms with van der Waals surface area (Å²) < 4.78 is 5.12. The van der Waals surface area contributed by atoms with Gasteiger partial charge in [-0.15, -0.1) is 0 Å². The Morgan fingerprint density at radius 1 is 1.28 bits per heavy atom. The Morgan fingerprint density at radius 3 is 2.61 bits per heavy atom. The number of nitrogens with one attached hydrogen (secondary N) is 1. The van der Waals surface area contributed by atoms with Crippen LogP contribution in [0.5, 0.6) is 0 Å². The van der Waals surface area contributed by atoms with Gasteiger partial charge in [0.05, 0.1) is 12.3 Å². The van der Waals surface area contributed by atoms with Gasteiger partial charge in [0.25, 0.3) is 0 Å². The quantitative estimate of drug-likeness (QED) is 0.620. The fraction of sp³-hybridized carbons (Fsp3) is 0.667. The van der Waals surface area contributed by atoms with Gasteiger partial charge in [-0.2, -0.15) is 4.98 Å². The minimum Gasteiger partial charge on any atom is -0.378 e. The molecule has 2 rings (SSSR count). The van der Waals surface area contributed by atoms with Gasteiger partial charge in [-0.05, 0) is 12.8 Å². The Bertz CT molecular complexity index is 377. The Balaban J connectivity index is 2.21. The molecule has 0 aromatic carbocycles. The lowest BCUT2D eigenvalue weighted by Gasteiger charge is -2.21. The molecule has 1 aromatic rings. The first-order chi connectivity index (χ1) is 8.83. The number of nitrogen functional groups attached to an aromatic ring is 1. The van der Waals surface area contributed by atoms with Crippen LogP contribution in [0, 0.1) is 0 Å². The highest BCUT2D eigenvalue weighted by atomic mass is 16.5. The molecule has 6 heteroatoms. The fourth-order valence-corrected chi connectivity index (χ4v) is 2.19. The zero-order chi connectivity index (χ0) is 12.8. The lowest BCUT2D eigenvalue weighted by Crippen LogP contribution is -2.27. The summed E-state index contributed by atoms with van der Waals surface area (Å²) in [7, 11) is 1.66. The van der Waals surface area contributed by atoms with Gasteiger partial charge < -0.3 is 15.1 Å². The summed E-state index contributed by atoms with van der Waals surface area (Å²) in [4.78, 5) is 11.2. The van der Waals surface area contributed by atoms with Crippen LogP contribution in [0.15, 0.2) is 6.07 Å². The smallest absolute Gasteiger partial charge is 0.227 e. The Morgan fingerprint density at radius 2 is 2.00 bits per heavy atom. The molecule has 3 N–H and O–H groups in total. The number of nitrogens with zero attached hydrogens (tertiary/aromatic N) is 3. The third-order valence-corrected chi connectivity index (χ3v) is 3.10. The van der Waals surface area contributed by atoms with Crippen LogP contribution in [0.25, 0.3) is 0 Å². The van der Waals surface area contributed by atoms with E-state index >= 15 is 0 Å². The van der Waals surface area contributed by atoms with Crippen molar-refractivity contribution in [2.45, 2.75) is 32.3 Å². The van der Waals surface area contributed by atoms with Crippen LogP contribution >= 0.6 is 0 Å². The SMILES string of the molecule is COCc1cc(NN)nc(N2CCCCCC2)n1. The predicted molar refractivity (Wildman–Crippen MR) is 71.2 cm³/mol. The Labute approximate surface area is 108 Å². The van der Waals surface area contributed by atoms with Crippen molar-refractivity contribution in [1.82, 2.24) is 9.97 Å². The molecule has 0 atom stereocenters. The van der Waals surface area contributed by atoms with Gasteiger partial charge in [-0.3, -0.25) is 0 Å². The molecule has 1 aliphatic rings. The molecule has 0 spiro atoms. The third kappa shape index (κ3) is 3.30. The largest absolute Gasteiger partial charge is 0.378 e. The number of rotatable bonds is 4. The van der Waals surface area contributed by atoms with Crippen LogP contribution in [0.3, 0.4) is 0 Å². The highest BCUT2D eigenvalue weighted by Gasteiger charge is 2.14. The zero-order valence-corrected chi connectivity index (χ0v) is 10.9. The molecule has 0 bridgehead atoms. The monoisotopic (exact) mass is 251 g/mol. The molecule has 0 saturated carbocycles. The lowest BCUT2D eigenvalue weighted by atomic mass is 10.2. The third-order valence-electron chi connectivity index (χ3n) is 3.10. The van der Waals surface area contributed by atoms with E-state index in [0.717, 1.165) is 24.7 Å². The zero-order valence-electron chi connectivity index (χ0n) is 10.9. The molecule has 2 heterocycles. The standard InChI is InChI=1S/C12H21N5O/c1-18-9-10-8-11(16-13)15-12(14-10)17-6-4-2-3-5-7-17/h8H,2-7,9,13H2,1H3,(H,14,15,16). The van der Waals surface area contributed by atoms with Gasteiger partial charge in [-0.1, -0.05) is 12.8 Å². The number of methoxy groups -OCH3 is 1. The number of ether oxygens (including phenoxy) is 1. The van der Waals surface area contributed by atoms with E-state index in [1.54, 1.807) is 7.11 Å². The van der Waals surface area contributed by atoms with E-state index in [9.17, 15) is 0 Å². The minimum atomic E-state index is 0.470. The van der Waals surface area contributed by atoms with Crippen molar-refractivity contribution in [2.24, 2.45) is 5.84 Å². The molecule has 1 fully saturated rings. The number of hydrogen-bond donors (Lipinski definition) is 2. The minimum absolute atomic E-state index is 0.470. The first-order valence-electron chi connectivity index (χ1n) is 6.42. The summed E-state index contributed by atoms with van der Waals surface area (Å²) in [6, 6.07) is 1.81. The summed E-state index contributed by atoms with van der Waals surface area (Å²) in [5, 5.41) is 0. The van der Waals surface area contributed by atoms with Gasteiger partial charge in [-0.25, -0.2) is 10.8 Å². The molecule has 0 aliphatic carbocycles. The van der Waals surface area contributed by atoms with Crippen molar-refractivity contribution in [3.8, 4) is 0 Å². The second kappa shape index (κ2) is 6.51. The maximum Gasteiger partial charge on any atom is 0.227 e. The molecule has 6 nitrogen and oxygen atoms in total. The molecule has 1 saturated heterocycles. The molecule has 0 amide bonds. The van der Waals surface area contributed by atoms with Crippen LogP contribution in [-0.2, 0) is 11.3 Å². The topological polar surface area (TPSA) is 76.3 Å². The highest BCUT2D eigenvalue weighted by molar-refractivity contribution is 5.43. The number of aromatic nitrogens is 2. The van der Waals surface area contributed by atoms with Gasteiger partial charge in [0.2, 0.25) is 5.95 Å². The van der Waals surface area contributed by atoms with Crippen LogP contribution in [0.2, 0.25) is 0 Å². The molecule has 0 radical (unpaired) electrons. The van der Waals surface area contributed by atoms with E-state index in [4.69, 9.17) is 10.6 Å². The number of nitrogens with two attached hydrogens (primary N) is 1. The van der Waals surface area contributed by atoms with Crippen molar-refractivity contribution >= 4 is 11.8 Å². The van der Waals surface area contributed by atoms with Crippen molar-refractivity contribution in [3.63, 3.8) is 0 Å². The van der Waals surface area contributed by atoms with Gasteiger partial charge in [0.15, 0.2) is 0 Å². The van der Waals surface area contributed by atoms with Gasteiger partial charge in [0.1, 0.15) is 5.82 Å². The first kappa shape index (κ1) is 13.0. The predicted octanol–water partition coefficient (Wildman–Crippen LogP) is 1.29. The van der Waals surface area contributed by atoms with Gasteiger partial charge in [0, 0.05) is 26.3 Å². The number of hydrogen-bond acceptors (Lipinski definition) is 6. The van der Waals surface area contributed by atoms with E-state index in [1.807, 2.05) is 6.07 Å². The van der Waals surface area contributed by atoms with E-state index in [-0.39, 0.29) is 0 Å². The van der Waals surface area contributed by atoms with Crippen molar-refractivity contribution in [2.75, 3.05) is 30.5 Å². The Hall–Kier alpha value is -1.40. The van der Waals surface area contributed by atoms with Crippen molar-refractivity contribution < 1.29 is 4.74 Å². The first-order valence-corrected chi connectivity index (χ1v) is 6.42. The lowest BCUT2D eigenvalue weighted by molar-refractivity contribution is 0.181. The van der Waals surface area contributed by atoms with E-state index in [1.165, 1.54) is 25.7 Å². The molecule has 100 valence electrons. The van der Waals surface area contributed by atoms with Crippen molar-refractivity contribution in [1.29, 1.82) is 0 Å². The van der Waals surface area contributed by atoms with Crippen molar-refractivity contribution in [3.05, 3.63) is 11.8 Å². The summed E-state index contributed by atoms with van der Waals surface area (Å²) in [5.41, 5.74) is 3.43. The van der Waals surface area contributed by atoms with Crippen LogP contribution in [-0.4, -0.2) is 30.2 Å². The Kier molecular flexibility index (Phi) is 4.72. The maximum atomic E-state index is 5.44. The molecule has 1 aromatic heterocycles. The van der Waals surface area contributed by atoms with Crippen LogP contribution in [0.4, 0.5) is 11.8 Å². The second-order valence-corrected chi connectivity index (χ2v) is 4.52. The van der Waals surface area contributed by atoms with E-state index < -0.39 is 0 Å². The molecule has 18 heavy (non-hydrogen) atoms. The summed E-state index contributed by atoms with van der Waals surface area (Å²) in [5.74, 6) is 6.83. The highest BCUT2D eigenvalue weighted by Crippen LogP contribution is 2.18.